The number of hydrogen-bond acceptors (Lipinski definition) is 3. The minimum absolute atomic E-state index is 0.215. The Morgan fingerprint density at radius 3 is 2.45 bits per heavy atom. The van der Waals surface area contributed by atoms with Gasteiger partial charge >= 0.3 is 0 Å². The summed E-state index contributed by atoms with van der Waals surface area (Å²) in [4.78, 5) is 23.2. The summed E-state index contributed by atoms with van der Waals surface area (Å²) in [5.41, 5.74) is 6.74. The molecule has 0 bridgehead atoms. The molecule has 0 aliphatic heterocycles. The smallest absolute Gasteiger partial charge is 0.291 e. The molecule has 0 saturated heterocycles. The number of nitrogens with two attached hydrogens (primary N) is 1. The Morgan fingerprint density at radius 2 is 1.77 bits per heavy atom. The summed E-state index contributed by atoms with van der Waals surface area (Å²) in [5.74, 6) is -0.660. The zero-order valence-corrected chi connectivity index (χ0v) is 12.9. The number of carbonyl (C=O) groups excluding carboxylic acids is 2. The number of furan rings is 1. The van der Waals surface area contributed by atoms with Crippen molar-refractivity contribution in [2.24, 2.45) is 5.73 Å². The number of anilines is 1. The molecule has 110 valence electrons. The van der Waals surface area contributed by atoms with Crippen LogP contribution in [0.15, 0.2) is 57.4 Å². The van der Waals surface area contributed by atoms with Crippen molar-refractivity contribution in [3.8, 4) is 0 Å². The van der Waals surface area contributed by atoms with Crippen molar-refractivity contribution in [2.75, 3.05) is 5.32 Å². The number of amides is 2. The number of rotatable bonds is 3. The van der Waals surface area contributed by atoms with E-state index in [4.69, 9.17) is 10.2 Å². The van der Waals surface area contributed by atoms with Gasteiger partial charge in [0.05, 0.1) is 0 Å². The van der Waals surface area contributed by atoms with Crippen LogP contribution < -0.4 is 11.1 Å². The van der Waals surface area contributed by atoms with E-state index in [9.17, 15) is 9.59 Å². The molecular weight excluding hydrogens is 348 g/mol. The fourth-order valence-corrected chi connectivity index (χ4v) is 2.42. The fraction of sp³-hybridized carbons (Fsp3) is 0. The van der Waals surface area contributed by atoms with Crippen LogP contribution in [-0.4, -0.2) is 11.8 Å². The van der Waals surface area contributed by atoms with Gasteiger partial charge in [0.2, 0.25) is 5.91 Å². The number of carbonyl (C=O) groups is 2. The molecule has 0 spiro atoms. The van der Waals surface area contributed by atoms with Crippen molar-refractivity contribution in [3.05, 3.63) is 64.3 Å². The number of fused-ring (bicyclic) bond motifs is 1. The van der Waals surface area contributed by atoms with Crippen LogP contribution in [-0.2, 0) is 0 Å². The first-order valence-corrected chi connectivity index (χ1v) is 7.22. The van der Waals surface area contributed by atoms with Gasteiger partial charge in [-0.3, -0.25) is 9.59 Å². The lowest BCUT2D eigenvalue weighted by Gasteiger charge is -2.03. The Kier molecular flexibility index (Phi) is 3.68. The van der Waals surface area contributed by atoms with Gasteiger partial charge in [-0.15, -0.1) is 0 Å². The number of nitrogens with one attached hydrogen (secondary N) is 1. The number of primary amides is 1. The molecule has 3 N–H and O–H groups in total. The predicted octanol–water partition coefficient (Wildman–Crippen LogP) is 3.55. The SMILES string of the molecule is NC(=O)c1ccc(NC(=O)c2cc3cc(Br)ccc3o2)cc1. The van der Waals surface area contributed by atoms with Crippen LogP contribution >= 0.6 is 15.9 Å². The second-order valence-electron chi connectivity index (χ2n) is 4.69. The van der Waals surface area contributed by atoms with Crippen molar-refractivity contribution in [2.45, 2.75) is 0 Å². The molecule has 2 amide bonds. The first-order chi connectivity index (χ1) is 10.5. The maximum absolute atomic E-state index is 12.2. The molecule has 0 fully saturated rings. The first-order valence-electron chi connectivity index (χ1n) is 6.43. The van der Waals surface area contributed by atoms with E-state index in [0.717, 1.165) is 9.86 Å². The van der Waals surface area contributed by atoms with Crippen molar-refractivity contribution < 1.29 is 14.0 Å². The van der Waals surface area contributed by atoms with Crippen LogP contribution in [0.2, 0.25) is 0 Å². The quantitative estimate of drug-likeness (QED) is 0.750. The standard InChI is InChI=1S/C16H11BrN2O3/c17-11-3-6-13-10(7-11)8-14(22-13)16(21)19-12-4-1-9(2-5-12)15(18)20/h1-8H,(H2,18,20)(H,19,21). The van der Waals surface area contributed by atoms with Gasteiger partial charge in [0.25, 0.3) is 5.91 Å². The van der Waals surface area contributed by atoms with Crippen LogP contribution in [0.25, 0.3) is 11.0 Å². The average Bonchev–Trinajstić information content (AvgIpc) is 2.91. The molecule has 6 heteroatoms. The highest BCUT2D eigenvalue weighted by atomic mass is 79.9. The van der Waals surface area contributed by atoms with Crippen LogP contribution in [0.5, 0.6) is 0 Å². The van der Waals surface area contributed by atoms with E-state index >= 15 is 0 Å². The Bertz CT molecular complexity index is 869. The van der Waals surface area contributed by atoms with Crippen molar-refractivity contribution >= 4 is 44.4 Å². The Morgan fingerprint density at radius 1 is 1.05 bits per heavy atom. The molecule has 0 radical (unpaired) electrons. The highest BCUT2D eigenvalue weighted by Gasteiger charge is 2.13. The molecule has 1 aromatic heterocycles. The van der Waals surface area contributed by atoms with E-state index < -0.39 is 5.91 Å². The molecule has 5 nitrogen and oxygen atoms in total. The van der Waals surface area contributed by atoms with E-state index in [0.29, 0.717) is 16.8 Å². The summed E-state index contributed by atoms with van der Waals surface area (Å²) in [5, 5.41) is 3.54. The van der Waals surface area contributed by atoms with E-state index in [1.807, 2.05) is 12.1 Å². The van der Waals surface area contributed by atoms with E-state index in [2.05, 4.69) is 21.2 Å². The van der Waals surface area contributed by atoms with Crippen molar-refractivity contribution in [1.29, 1.82) is 0 Å². The first kappa shape index (κ1) is 14.3. The molecule has 0 saturated carbocycles. The lowest BCUT2D eigenvalue weighted by atomic mass is 10.2. The highest BCUT2D eigenvalue weighted by Crippen LogP contribution is 2.24. The molecule has 3 rings (SSSR count). The topological polar surface area (TPSA) is 85.3 Å². The molecule has 3 aromatic rings. The summed E-state index contributed by atoms with van der Waals surface area (Å²) in [6, 6.07) is 13.5. The van der Waals surface area contributed by atoms with Crippen LogP contribution in [0.4, 0.5) is 5.69 Å². The molecule has 1 heterocycles. The minimum Gasteiger partial charge on any atom is -0.451 e. The Hall–Kier alpha value is -2.60. The third kappa shape index (κ3) is 2.87. The number of hydrogen-bond donors (Lipinski definition) is 2. The molecule has 0 unspecified atom stereocenters. The summed E-state index contributed by atoms with van der Waals surface area (Å²) < 4.78 is 6.42. The second-order valence-corrected chi connectivity index (χ2v) is 5.60. The average molecular weight is 359 g/mol. The normalized spacial score (nSPS) is 10.6. The van der Waals surface area contributed by atoms with Crippen molar-refractivity contribution in [1.82, 2.24) is 0 Å². The van der Waals surface area contributed by atoms with Crippen molar-refractivity contribution in [3.63, 3.8) is 0 Å². The summed E-state index contributed by atoms with van der Waals surface area (Å²) >= 11 is 3.37. The molecule has 2 aromatic carbocycles. The molecule has 0 aliphatic carbocycles. The second kappa shape index (κ2) is 5.65. The Labute approximate surface area is 134 Å². The molecule has 22 heavy (non-hydrogen) atoms. The maximum Gasteiger partial charge on any atom is 0.291 e. The van der Waals surface area contributed by atoms with Gasteiger partial charge in [-0.1, -0.05) is 15.9 Å². The largest absolute Gasteiger partial charge is 0.451 e. The van der Waals surface area contributed by atoms with Gasteiger partial charge in [-0.05, 0) is 48.5 Å². The van der Waals surface area contributed by atoms with Crippen LogP contribution in [0.1, 0.15) is 20.9 Å². The fourth-order valence-electron chi connectivity index (χ4n) is 2.04. The zero-order valence-electron chi connectivity index (χ0n) is 11.3. The monoisotopic (exact) mass is 358 g/mol. The van der Waals surface area contributed by atoms with E-state index in [-0.39, 0.29) is 11.7 Å². The van der Waals surface area contributed by atoms with Gasteiger partial charge < -0.3 is 15.5 Å². The highest BCUT2D eigenvalue weighted by molar-refractivity contribution is 9.10. The van der Waals surface area contributed by atoms with Gasteiger partial charge in [0.15, 0.2) is 5.76 Å². The predicted molar refractivity (Wildman–Crippen MR) is 86.8 cm³/mol. The minimum atomic E-state index is -0.513. The molecule has 0 aliphatic rings. The lowest BCUT2D eigenvalue weighted by molar-refractivity contribution is 0.0992. The van der Waals surface area contributed by atoms with Crippen LogP contribution in [0.3, 0.4) is 0 Å². The summed E-state index contributed by atoms with van der Waals surface area (Å²) in [6.45, 7) is 0. The molecule has 0 atom stereocenters. The third-order valence-corrected chi connectivity index (χ3v) is 3.62. The van der Waals surface area contributed by atoms with Gasteiger partial charge in [-0.2, -0.15) is 0 Å². The number of benzene rings is 2. The maximum atomic E-state index is 12.2. The third-order valence-electron chi connectivity index (χ3n) is 3.13. The van der Waals surface area contributed by atoms with Gasteiger partial charge in [0, 0.05) is 21.1 Å². The van der Waals surface area contributed by atoms with Gasteiger partial charge in [-0.25, -0.2) is 0 Å². The van der Waals surface area contributed by atoms with E-state index in [1.165, 1.54) is 0 Å². The zero-order chi connectivity index (χ0) is 15.7. The number of halogens is 1. The van der Waals surface area contributed by atoms with E-state index in [1.54, 1.807) is 36.4 Å². The summed E-state index contributed by atoms with van der Waals surface area (Å²) in [7, 11) is 0. The lowest BCUT2D eigenvalue weighted by Crippen LogP contribution is -2.12. The molecular formula is C16H11BrN2O3. The Balaban J connectivity index is 1.81. The summed E-state index contributed by atoms with van der Waals surface area (Å²) in [6.07, 6.45) is 0. The van der Waals surface area contributed by atoms with Gasteiger partial charge in [0.1, 0.15) is 5.58 Å². The van der Waals surface area contributed by atoms with Crippen LogP contribution in [0, 0.1) is 0 Å².